The Hall–Kier alpha value is -0.780. The molecule has 0 aliphatic heterocycles. The van der Waals surface area contributed by atoms with E-state index in [2.05, 4.69) is 51.1 Å². The van der Waals surface area contributed by atoms with E-state index < -0.39 is 0 Å². The molecule has 0 fully saturated rings. The molecule has 0 spiro atoms. The first-order chi connectivity index (χ1) is 6.74. The van der Waals surface area contributed by atoms with Gasteiger partial charge in [0.15, 0.2) is 0 Å². The van der Waals surface area contributed by atoms with Gasteiger partial charge in [-0.3, -0.25) is 0 Å². The zero-order valence-electron chi connectivity index (χ0n) is 9.66. The summed E-state index contributed by atoms with van der Waals surface area (Å²) in [4.78, 5) is 0. The summed E-state index contributed by atoms with van der Waals surface area (Å²) in [6.45, 7) is 7.01. The highest BCUT2D eigenvalue weighted by atomic mass is 14.1. The van der Waals surface area contributed by atoms with Gasteiger partial charge in [-0.15, -0.1) is 0 Å². The summed E-state index contributed by atoms with van der Waals surface area (Å²) in [5.74, 6) is 1.71. The van der Waals surface area contributed by atoms with E-state index in [-0.39, 0.29) is 0 Å². The van der Waals surface area contributed by atoms with Crippen molar-refractivity contribution in [1.82, 2.24) is 0 Å². The molecule has 0 nitrogen and oxygen atoms in total. The van der Waals surface area contributed by atoms with Gasteiger partial charge in [-0.05, 0) is 30.2 Å². The van der Waals surface area contributed by atoms with Crippen molar-refractivity contribution in [2.24, 2.45) is 11.8 Å². The minimum Gasteiger partial charge on any atom is -0.0651 e. The molecule has 0 aliphatic carbocycles. The molecular formula is C14H22. The van der Waals surface area contributed by atoms with Gasteiger partial charge in [0.2, 0.25) is 0 Å². The molecule has 0 aliphatic rings. The number of benzene rings is 1. The maximum absolute atomic E-state index is 2.37. The average Bonchev–Trinajstić information content (AvgIpc) is 2.26. The molecule has 0 radical (unpaired) electrons. The predicted molar refractivity (Wildman–Crippen MR) is 63.4 cm³/mol. The fraction of sp³-hybridized carbons (Fsp3) is 0.571. The summed E-state index contributed by atoms with van der Waals surface area (Å²) in [6, 6.07) is 10.8. The van der Waals surface area contributed by atoms with Crippen LogP contribution in [-0.4, -0.2) is 0 Å². The van der Waals surface area contributed by atoms with Gasteiger partial charge in [-0.25, -0.2) is 0 Å². The largest absolute Gasteiger partial charge is 0.0651 e. The van der Waals surface area contributed by atoms with E-state index in [1.54, 1.807) is 0 Å². The van der Waals surface area contributed by atoms with Gasteiger partial charge >= 0.3 is 0 Å². The van der Waals surface area contributed by atoms with Crippen LogP contribution in [-0.2, 0) is 6.42 Å². The summed E-state index contributed by atoms with van der Waals surface area (Å²) in [7, 11) is 0. The molecule has 1 aromatic carbocycles. The summed E-state index contributed by atoms with van der Waals surface area (Å²) >= 11 is 0. The Balaban J connectivity index is 2.34. The van der Waals surface area contributed by atoms with Crippen molar-refractivity contribution < 1.29 is 0 Å². The highest BCUT2D eigenvalue weighted by Gasteiger charge is 2.09. The van der Waals surface area contributed by atoms with Crippen molar-refractivity contribution in [2.45, 2.75) is 40.0 Å². The molecule has 0 unspecified atom stereocenters. The van der Waals surface area contributed by atoms with Crippen LogP contribution < -0.4 is 0 Å². The number of aryl methyl sites for hydroxylation is 1. The monoisotopic (exact) mass is 190 g/mol. The topological polar surface area (TPSA) is 0 Å². The number of hydrogen-bond acceptors (Lipinski definition) is 0. The maximum Gasteiger partial charge on any atom is -0.0276 e. The van der Waals surface area contributed by atoms with Crippen LogP contribution in [0.3, 0.4) is 0 Å². The zero-order chi connectivity index (χ0) is 10.4. The van der Waals surface area contributed by atoms with Crippen LogP contribution >= 0.6 is 0 Å². The van der Waals surface area contributed by atoms with E-state index in [0.29, 0.717) is 0 Å². The molecule has 0 heteroatoms. The molecule has 0 N–H and O–H groups in total. The molecular weight excluding hydrogens is 168 g/mol. The minimum absolute atomic E-state index is 0.847. The lowest BCUT2D eigenvalue weighted by molar-refractivity contribution is 0.355. The standard InChI is InChI=1S/C14H22/c1-4-12(2)13(3)10-11-14-8-6-5-7-9-14/h5-9,12-13H,4,10-11H2,1-3H3/t12-,13+/m0/s1. The lowest BCUT2D eigenvalue weighted by Gasteiger charge is -2.17. The third-order valence-electron chi connectivity index (χ3n) is 3.35. The fourth-order valence-corrected chi connectivity index (χ4v) is 1.73. The van der Waals surface area contributed by atoms with Gasteiger partial charge in [0.1, 0.15) is 0 Å². The van der Waals surface area contributed by atoms with Gasteiger partial charge in [-0.1, -0.05) is 57.5 Å². The molecule has 0 saturated carbocycles. The van der Waals surface area contributed by atoms with Gasteiger partial charge in [0, 0.05) is 0 Å². The Bertz CT molecular complexity index is 237. The molecule has 1 rings (SSSR count). The molecule has 0 saturated heterocycles. The van der Waals surface area contributed by atoms with Crippen LogP contribution in [0.2, 0.25) is 0 Å². The highest BCUT2D eigenvalue weighted by molar-refractivity contribution is 5.14. The summed E-state index contributed by atoms with van der Waals surface area (Å²) in [5, 5.41) is 0. The molecule has 0 aromatic heterocycles. The molecule has 0 amide bonds. The number of hydrogen-bond donors (Lipinski definition) is 0. The lowest BCUT2D eigenvalue weighted by Crippen LogP contribution is -2.07. The first kappa shape index (κ1) is 11.3. The van der Waals surface area contributed by atoms with Crippen LogP contribution in [0.15, 0.2) is 30.3 Å². The lowest BCUT2D eigenvalue weighted by atomic mass is 9.88. The van der Waals surface area contributed by atoms with Crippen LogP contribution in [0.4, 0.5) is 0 Å². The van der Waals surface area contributed by atoms with E-state index in [4.69, 9.17) is 0 Å². The summed E-state index contributed by atoms with van der Waals surface area (Å²) < 4.78 is 0. The second-order valence-electron chi connectivity index (χ2n) is 4.39. The van der Waals surface area contributed by atoms with Crippen molar-refractivity contribution in [2.75, 3.05) is 0 Å². The smallest absolute Gasteiger partial charge is 0.0276 e. The number of rotatable bonds is 5. The Morgan fingerprint density at radius 1 is 1.00 bits per heavy atom. The normalized spacial score (nSPS) is 15.1. The van der Waals surface area contributed by atoms with Crippen molar-refractivity contribution in [3.63, 3.8) is 0 Å². The predicted octanol–water partition coefficient (Wildman–Crippen LogP) is 4.30. The van der Waals surface area contributed by atoms with Gasteiger partial charge in [0.05, 0.1) is 0 Å². The molecule has 0 heterocycles. The Labute approximate surface area is 88.4 Å². The minimum atomic E-state index is 0.847. The Morgan fingerprint density at radius 2 is 1.64 bits per heavy atom. The van der Waals surface area contributed by atoms with E-state index in [1.807, 2.05) is 0 Å². The molecule has 14 heavy (non-hydrogen) atoms. The fourth-order valence-electron chi connectivity index (χ4n) is 1.73. The summed E-state index contributed by atoms with van der Waals surface area (Å²) in [5.41, 5.74) is 1.47. The van der Waals surface area contributed by atoms with Gasteiger partial charge in [-0.2, -0.15) is 0 Å². The second-order valence-corrected chi connectivity index (χ2v) is 4.39. The van der Waals surface area contributed by atoms with Crippen LogP contribution in [0.25, 0.3) is 0 Å². The van der Waals surface area contributed by atoms with E-state index in [0.717, 1.165) is 11.8 Å². The Kier molecular flexibility index (Phi) is 4.72. The zero-order valence-corrected chi connectivity index (χ0v) is 9.66. The SMILES string of the molecule is CC[C@H](C)[C@H](C)CCc1ccccc1. The maximum atomic E-state index is 2.37. The van der Waals surface area contributed by atoms with Crippen LogP contribution in [0.5, 0.6) is 0 Å². The molecule has 2 atom stereocenters. The van der Waals surface area contributed by atoms with Gasteiger partial charge in [0.25, 0.3) is 0 Å². The van der Waals surface area contributed by atoms with E-state index in [1.165, 1.54) is 24.8 Å². The van der Waals surface area contributed by atoms with E-state index in [9.17, 15) is 0 Å². The van der Waals surface area contributed by atoms with Crippen molar-refractivity contribution >= 4 is 0 Å². The quantitative estimate of drug-likeness (QED) is 0.649. The van der Waals surface area contributed by atoms with Crippen molar-refractivity contribution in [1.29, 1.82) is 0 Å². The third kappa shape index (κ3) is 3.53. The first-order valence-electron chi connectivity index (χ1n) is 5.78. The van der Waals surface area contributed by atoms with Crippen LogP contribution in [0.1, 0.15) is 39.2 Å². The highest BCUT2D eigenvalue weighted by Crippen LogP contribution is 2.20. The van der Waals surface area contributed by atoms with Crippen molar-refractivity contribution in [3.8, 4) is 0 Å². The molecule has 78 valence electrons. The van der Waals surface area contributed by atoms with Crippen LogP contribution in [0, 0.1) is 11.8 Å². The Morgan fingerprint density at radius 3 is 2.21 bits per heavy atom. The molecule has 0 bridgehead atoms. The first-order valence-corrected chi connectivity index (χ1v) is 5.78. The molecule has 1 aromatic rings. The summed E-state index contributed by atoms with van der Waals surface area (Å²) in [6.07, 6.45) is 3.85. The second kappa shape index (κ2) is 5.85. The van der Waals surface area contributed by atoms with Gasteiger partial charge < -0.3 is 0 Å². The van der Waals surface area contributed by atoms with Crippen molar-refractivity contribution in [3.05, 3.63) is 35.9 Å². The van der Waals surface area contributed by atoms with E-state index >= 15 is 0 Å². The third-order valence-corrected chi connectivity index (χ3v) is 3.35. The average molecular weight is 190 g/mol.